The van der Waals surface area contributed by atoms with E-state index in [1.54, 1.807) is 0 Å². The van der Waals surface area contributed by atoms with Gasteiger partial charge in [-0.2, -0.15) is 13.2 Å². The number of benzene rings is 1. The van der Waals surface area contributed by atoms with E-state index in [-0.39, 0.29) is 6.04 Å². The van der Waals surface area contributed by atoms with Gasteiger partial charge in [-0.3, -0.25) is 0 Å². The number of halogens is 4. The smallest absolute Gasteiger partial charge is 0.310 e. The Labute approximate surface area is 123 Å². The third-order valence-corrected chi connectivity index (χ3v) is 3.44. The van der Waals surface area contributed by atoms with E-state index in [4.69, 9.17) is 0 Å². The summed E-state index contributed by atoms with van der Waals surface area (Å²) in [7, 11) is 0. The van der Waals surface area contributed by atoms with Crippen LogP contribution in [0.3, 0.4) is 0 Å². The molecule has 0 fully saturated rings. The van der Waals surface area contributed by atoms with Gasteiger partial charge < -0.3 is 5.32 Å². The SMILES string of the molecule is CCCCCC(NCCC)c1ccc(C(F)(F)F)c(F)c1. The van der Waals surface area contributed by atoms with Crippen molar-refractivity contribution < 1.29 is 17.6 Å². The molecule has 0 radical (unpaired) electrons. The van der Waals surface area contributed by atoms with Crippen molar-refractivity contribution in [2.45, 2.75) is 58.2 Å². The van der Waals surface area contributed by atoms with Crippen molar-refractivity contribution in [1.29, 1.82) is 0 Å². The number of hydrogen-bond acceptors (Lipinski definition) is 1. The molecular formula is C16H23F4N. The van der Waals surface area contributed by atoms with Crippen LogP contribution in [0.5, 0.6) is 0 Å². The number of rotatable bonds is 8. The molecule has 0 aliphatic heterocycles. The molecule has 1 aromatic carbocycles. The Morgan fingerprint density at radius 1 is 1.10 bits per heavy atom. The van der Waals surface area contributed by atoms with Crippen molar-refractivity contribution in [2.24, 2.45) is 0 Å². The zero-order valence-electron chi connectivity index (χ0n) is 12.6. The molecule has 1 atom stereocenters. The standard InChI is InChI=1S/C16H23F4N/c1-3-5-6-7-15(21-10-4-2)12-8-9-13(14(17)11-12)16(18,19)20/h8-9,11,15,21H,3-7,10H2,1-2H3. The zero-order valence-corrected chi connectivity index (χ0v) is 12.6. The van der Waals surface area contributed by atoms with Crippen molar-refractivity contribution in [3.05, 3.63) is 35.1 Å². The van der Waals surface area contributed by atoms with Crippen LogP contribution in [-0.4, -0.2) is 6.54 Å². The van der Waals surface area contributed by atoms with Gasteiger partial charge in [0, 0.05) is 6.04 Å². The van der Waals surface area contributed by atoms with Crippen LogP contribution < -0.4 is 5.32 Å². The van der Waals surface area contributed by atoms with E-state index < -0.39 is 17.6 Å². The van der Waals surface area contributed by atoms with Crippen LogP contribution >= 0.6 is 0 Å². The number of unbranched alkanes of at least 4 members (excludes halogenated alkanes) is 2. The fourth-order valence-corrected chi connectivity index (χ4v) is 2.28. The average Bonchev–Trinajstić information content (AvgIpc) is 2.41. The van der Waals surface area contributed by atoms with E-state index in [1.807, 2.05) is 6.92 Å². The second kappa shape index (κ2) is 8.37. The quantitative estimate of drug-likeness (QED) is 0.496. The molecule has 0 aromatic heterocycles. The van der Waals surface area contributed by atoms with Gasteiger partial charge in [0.05, 0.1) is 5.56 Å². The molecular weight excluding hydrogens is 282 g/mol. The molecule has 1 nitrogen and oxygen atoms in total. The fourth-order valence-electron chi connectivity index (χ4n) is 2.28. The molecule has 0 spiro atoms. The molecule has 0 amide bonds. The molecule has 0 saturated heterocycles. The summed E-state index contributed by atoms with van der Waals surface area (Å²) >= 11 is 0. The van der Waals surface area contributed by atoms with E-state index in [1.165, 1.54) is 6.07 Å². The third-order valence-electron chi connectivity index (χ3n) is 3.44. The van der Waals surface area contributed by atoms with Crippen LogP contribution in [0.1, 0.15) is 63.1 Å². The van der Waals surface area contributed by atoms with Crippen LogP contribution in [0, 0.1) is 5.82 Å². The molecule has 21 heavy (non-hydrogen) atoms. The molecule has 5 heteroatoms. The van der Waals surface area contributed by atoms with Gasteiger partial charge in [0.1, 0.15) is 5.82 Å². The molecule has 0 heterocycles. The average molecular weight is 305 g/mol. The molecule has 1 aromatic rings. The van der Waals surface area contributed by atoms with E-state index in [2.05, 4.69) is 12.2 Å². The Kier molecular flexibility index (Phi) is 7.15. The maximum Gasteiger partial charge on any atom is 0.419 e. The van der Waals surface area contributed by atoms with E-state index in [9.17, 15) is 17.6 Å². The van der Waals surface area contributed by atoms with E-state index in [0.717, 1.165) is 50.8 Å². The number of alkyl halides is 3. The lowest BCUT2D eigenvalue weighted by molar-refractivity contribution is -0.140. The highest BCUT2D eigenvalue weighted by Gasteiger charge is 2.34. The fraction of sp³-hybridized carbons (Fsp3) is 0.625. The lowest BCUT2D eigenvalue weighted by Crippen LogP contribution is -2.22. The summed E-state index contributed by atoms with van der Waals surface area (Å²) in [4.78, 5) is 0. The molecule has 1 rings (SSSR count). The first kappa shape index (κ1) is 18.0. The maximum absolute atomic E-state index is 13.7. The summed E-state index contributed by atoms with van der Waals surface area (Å²) < 4.78 is 51.4. The summed E-state index contributed by atoms with van der Waals surface area (Å²) in [6.45, 7) is 4.87. The second-order valence-electron chi connectivity index (χ2n) is 5.24. The monoisotopic (exact) mass is 305 g/mol. The van der Waals surface area contributed by atoms with Gasteiger partial charge in [-0.1, -0.05) is 39.2 Å². The van der Waals surface area contributed by atoms with Crippen molar-refractivity contribution in [2.75, 3.05) is 6.54 Å². The Morgan fingerprint density at radius 3 is 2.33 bits per heavy atom. The molecule has 1 N–H and O–H groups in total. The van der Waals surface area contributed by atoms with Crippen molar-refractivity contribution in [1.82, 2.24) is 5.32 Å². The topological polar surface area (TPSA) is 12.0 Å². The maximum atomic E-state index is 13.7. The Balaban J connectivity index is 2.88. The molecule has 1 unspecified atom stereocenters. The Hall–Kier alpha value is -1.10. The Bertz CT molecular complexity index is 429. The first-order valence-electron chi connectivity index (χ1n) is 7.50. The van der Waals surface area contributed by atoms with Gasteiger partial charge >= 0.3 is 6.18 Å². The van der Waals surface area contributed by atoms with Crippen molar-refractivity contribution >= 4 is 0 Å². The predicted octanol–water partition coefficient (Wildman–Crippen LogP) is 5.47. The first-order valence-corrected chi connectivity index (χ1v) is 7.50. The third kappa shape index (κ3) is 5.65. The van der Waals surface area contributed by atoms with Crippen molar-refractivity contribution in [3.63, 3.8) is 0 Å². The van der Waals surface area contributed by atoms with Gasteiger partial charge in [-0.05, 0) is 37.1 Å². The highest BCUT2D eigenvalue weighted by Crippen LogP contribution is 2.33. The normalized spacial score (nSPS) is 13.4. The van der Waals surface area contributed by atoms with Gasteiger partial charge in [0.15, 0.2) is 0 Å². The highest BCUT2D eigenvalue weighted by atomic mass is 19.4. The minimum atomic E-state index is -4.64. The predicted molar refractivity (Wildman–Crippen MR) is 76.6 cm³/mol. The lowest BCUT2D eigenvalue weighted by Gasteiger charge is -2.20. The molecule has 0 aliphatic rings. The molecule has 0 saturated carbocycles. The minimum Gasteiger partial charge on any atom is -0.310 e. The van der Waals surface area contributed by atoms with E-state index >= 15 is 0 Å². The van der Waals surface area contributed by atoms with Gasteiger partial charge in [0.25, 0.3) is 0 Å². The second-order valence-corrected chi connectivity index (χ2v) is 5.24. The lowest BCUT2D eigenvalue weighted by atomic mass is 9.98. The minimum absolute atomic E-state index is 0.0896. The van der Waals surface area contributed by atoms with Crippen LogP contribution in [0.2, 0.25) is 0 Å². The summed E-state index contributed by atoms with van der Waals surface area (Å²) in [5, 5.41) is 3.28. The summed E-state index contributed by atoms with van der Waals surface area (Å²) in [6.07, 6.45) is 0.193. The first-order chi connectivity index (χ1) is 9.90. The molecule has 0 aliphatic carbocycles. The van der Waals surface area contributed by atoms with Crippen LogP contribution in [0.15, 0.2) is 18.2 Å². The van der Waals surface area contributed by atoms with Gasteiger partial charge in [-0.15, -0.1) is 0 Å². The van der Waals surface area contributed by atoms with E-state index in [0.29, 0.717) is 5.56 Å². The van der Waals surface area contributed by atoms with Crippen molar-refractivity contribution in [3.8, 4) is 0 Å². The molecule has 0 bridgehead atoms. The highest BCUT2D eigenvalue weighted by molar-refractivity contribution is 5.28. The molecule has 120 valence electrons. The van der Waals surface area contributed by atoms with Crippen LogP contribution in [0.4, 0.5) is 17.6 Å². The van der Waals surface area contributed by atoms with Crippen LogP contribution in [0.25, 0.3) is 0 Å². The van der Waals surface area contributed by atoms with Crippen LogP contribution in [-0.2, 0) is 6.18 Å². The van der Waals surface area contributed by atoms with Gasteiger partial charge in [-0.25, -0.2) is 4.39 Å². The summed E-state index contributed by atoms with van der Waals surface area (Å²) in [6, 6.07) is 3.14. The number of nitrogens with one attached hydrogen (secondary N) is 1. The number of hydrogen-bond donors (Lipinski definition) is 1. The summed E-state index contributed by atoms with van der Waals surface area (Å²) in [5.41, 5.74) is -0.612. The Morgan fingerprint density at radius 2 is 1.81 bits per heavy atom. The largest absolute Gasteiger partial charge is 0.419 e. The zero-order chi connectivity index (χ0) is 15.9. The van der Waals surface area contributed by atoms with Gasteiger partial charge in [0.2, 0.25) is 0 Å². The summed E-state index contributed by atoms with van der Waals surface area (Å²) in [5.74, 6) is -1.20.